The van der Waals surface area contributed by atoms with Gasteiger partial charge in [-0.2, -0.15) is 9.29 Å². The highest BCUT2D eigenvalue weighted by Crippen LogP contribution is 2.33. The monoisotopic (exact) mass is 525 g/mol. The van der Waals surface area contributed by atoms with E-state index in [2.05, 4.69) is 34.1 Å². The lowest BCUT2D eigenvalue weighted by Gasteiger charge is -2.36. The standard InChI is InChI=1S/C26H28ClN5O3S/c27-21-6-3-7-22(16-21)36(33,34)32-11-9-24-23(18-32)25(30-12-14-35-15-13-30)29-26(28-24)31-10-8-19-4-1-2-5-20(19)17-31/h1-7,16H,8-15,17-18H2. The van der Waals surface area contributed by atoms with Crippen LogP contribution in [0.1, 0.15) is 22.4 Å². The fraction of sp³-hybridized carbons (Fsp3) is 0.385. The number of ether oxygens (including phenoxy) is 1. The van der Waals surface area contributed by atoms with Crippen molar-refractivity contribution in [3.8, 4) is 0 Å². The second-order valence-corrected chi connectivity index (χ2v) is 11.7. The first kappa shape index (κ1) is 23.7. The van der Waals surface area contributed by atoms with Gasteiger partial charge in [0.1, 0.15) is 5.82 Å². The first-order chi connectivity index (χ1) is 17.5. The topological polar surface area (TPSA) is 78.9 Å². The number of hydrogen-bond acceptors (Lipinski definition) is 7. The Morgan fingerprint density at radius 3 is 2.44 bits per heavy atom. The normalized spacial score (nSPS) is 18.6. The molecule has 0 unspecified atom stereocenters. The molecule has 0 spiro atoms. The minimum absolute atomic E-state index is 0.205. The minimum Gasteiger partial charge on any atom is -0.378 e. The summed E-state index contributed by atoms with van der Waals surface area (Å²) in [6.07, 6.45) is 1.49. The molecule has 1 fully saturated rings. The van der Waals surface area contributed by atoms with Gasteiger partial charge in [0.2, 0.25) is 16.0 Å². The summed E-state index contributed by atoms with van der Waals surface area (Å²) in [6, 6.07) is 15.0. The summed E-state index contributed by atoms with van der Waals surface area (Å²) < 4.78 is 34.0. The van der Waals surface area contributed by atoms with E-state index in [1.165, 1.54) is 21.5 Å². The highest BCUT2D eigenvalue weighted by molar-refractivity contribution is 7.89. The summed E-state index contributed by atoms with van der Waals surface area (Å²) in [5.41, 5.74) is 4.49. The Morgan fingerprint density at radius 2 is 1.64 bits per heavy atom. The molecule has 0 bridgehead atoms. The maximum Gasteiger partial charge on any atom is 0.243 e. The van der Waals surface area contributed by atoms with Crippen molar-refractivity contribution in [3.05, 3.63) is 75.9 Å². The number of rotatable bonds is 4. The molecule has 8 nitrogen and oxygen atoms in total. The molecule has 6 rings (SSSR count). The SMILES string of the molecule is O=S(=O)(c1cccc(Cl)c1)N1CCc2nc(N3CCc4ccccc4C3)nc(N3CCOCC3)c2C1. The molecule has 0 saturated carbocycles. The summed E-state index contributed by atoms with van der Waals surface area (Å²) >= 11 is 6.09. The average Bonchev–Trinajstić information content (AvgIpc) is 2.92. The predicted molar refractivity (Wildman–Crippen MR) is 139 cm³/mol. The Hall–Kier alpha value is -2.72. The van der Waals surface area contributed by atoms with Gasteiger partial charge < -0.3 is 14.5 Å². The molecule has 0 amide bonds. The van der Waals surface area contributed by atoms with Crippen LogP contribution in [-0.2, 0) is 40.7 Å². The number of halogens is 1. The van der Waals surface area contributed by atoms with Crippen molar-refractivity contribution in [1.82, 2.24) is 14.3 Å². The lowest BCUT2D eigenvalue weighted by Crippen LogP contribution is -2.42. The van der Waals surface area contributed by atoms with E-state index < -0.39 is 10.0 Å². The fourth-order valence-electron chi connectivity index (χ4n) is 5.19. The van der Waals surface area contributed by atoms with E-state index in [0.29, 0.717) is 44.3 Å². The third kappa shape index (κ3) is 4.45. The van der Waals surface area contributed by atoms with E-state index >= 15 is 0 Å². The molecule has 0 radical (unpaired) electrons. The molecule has 0 aliphatic carbocycles. The summed E-state index contributed by atoms with van der Waals surface area (Å²) in [5, 5.41) is 0.401. The van der Waals surface area contributed by atoms with Gasteiger partial charge in [-0.05, 0) is 35.7 Å². The van der Waals surface area contributed by atoms with E-state index in [1.807, 2.05) is 0 Å². The van der Waals surface area contributed by atoms with Crippen LogP contribution in [0.5, 0.6) is 0 Å². The summed E-state index contributed by atoms with van der Waals surface area (Å²) in [5.74, 6) is 1.54. The number of hydrogen-bond donors (Lipinski definition) is 0. The second-order valence-electron chi connectivity index (χ2n) is 9.36. The van der Waals surface area contributed by atoms with Crippen LogP contribution in [0.2, 0.25) is 5.02 Å². The molecule has 1 aromatic heterocycles. The van der Waals surface area contributed by atoms with Crippen LogP contribution in [0, 0.1) is 0 Å². The third-order valence-electron chi connectivity index (χ3n) is 7.15. The van der Waals surface area contributed by atoms with Crippen molar-refractivity contribution in [2.24, 2.45) is 0 Å². The Balaban J connectivity index is 1.36. The molecule has 0 N–H and O–H groups in total. The van der Waals surface area contributed by atoms with E-state index in [9.17, 15) is 8.42 Å². The molecule has 0 atom stereocenters. The molecular formula is C26H28ClN5O3S. The number of morpholine rings is 1. The maximum atomic E-state index is 13.5. The van der Waals surface area contributed by atoms with Crippen molar-refractivity contribution >= 4 is 33.4 Å². The Kier molecular flexibility index (Phi) is 6.33. The predicted octanol–water partition coefficient (Wildman–Crippen LogP) is 3.28. The number of benzene rings is 2. The van der Waals surface area contributed by atoms with Crippen molar-refractivity contribution in [2.45, 2.75) is 30.8 Å². The van der Waals surface area contributed by atoms with Crippen LogP contribution in [-0.4, -0.2) is 62.1 Å². The van der Waals surface area contributed by atoms with E-state index in [1.54, 1.807) is 18.2 Å². The summed E-state index contributed by atoms with van der Waals surface area (Å²) in [6.45, 7) is 4.90. The van der Waals surface area contributed by atoms with Crippen LogP contribution >= 0.6 is 11.6 Å². The lowest BCUT2D eigenvalue weighted by molar-refractivity contribution is 0.122. The zero-order valence-corrected chi connectivity index (χ0v) is 21.5. The van der Waals surface area contributed by atoms with E-state index in [-0.39, 0.29) is 11.4 Å². The molecule has 4 heterocycles. The maximum absolute atomic E-state index is 13.5. The average molecular weight is 526 g/mol. The van der Waals surface area contributed by atoms with Crippen molar-refractivity contribution in [2.75, 3.05) is 49.2 Å². The van der Waals surface area contributed by atoms with Gasteiger partial charge in [0.15, 0.2) is 0 Å². The smallest absolute Gasteiger partial charge is 0.243 e. The van der Waals surface area contributed by atoms with Gasteiger partial charge in [-0.3, -0.25) is 0 Å². The molecule has 3 aliphatic rings. The van der Waals surface area contributed by atoms with Crippen LogP contribution in [0.15, 0.2) is 53.4 Å². The number of fused-ring (bicyclic) bond motifs is 2. The fourth-order valence-corrected chi connectivity index (χ4v) is 6.90. The highest BCUT2D eigenvalue weighted by atomic mass is 35.5. The number of sulfonamides is 1. The van der Waals surface area contributed by atoms with Crippen LogP contribution in [0.3, 0.4) is 0 Å². The van der Waals surface area contributed by atoms with Gasteiger partial charge in [0.25, 0.3) is 0 Å². The number of aromatic nitrogens is 2. The van der Waals surface area contributed by atoms with E-state index in [4.69, 9.17) is 26.3 Å². The third-order valence-corrected chi connectivity index (χ3v) is 9.23. The largest absolute Gasteiger partial charge is 0.378 e. The summed E-state index contributed by atoms with van der Waals surface area (Å²) in [4.78, 5) is 14.7. The lowest BCUT2D eigenvalue weighted by atomic mass is 10.0. The number of nitrogens with zero attached hydrogens (tertiary/aromatic N) is 5. The van der Waals surface area contributed by atoms with E-state index in [0.717, 1.165) is 42.5 Å². The summed E-state index contributed by atoms with van der Waals surface area (Å²) in [7, 11) is -3.70. The van der Waals surface area contributed by atoms with Gasteiger partial charge in [0.05, 0.1) is 23.8 Å². The van der Waals surface area contributed by atoms with Gasteiger partial charge in [0, 0.05) is 56.3 Å². The molecule has 1 saturated heterocycles. The van der Waals surface area contributed by atoms with Crippen molar-refractivity contribution in [3.63, 3.8) is 0 Å². The zero-order chi connectivity index (χ0) is 24.7. The molecule has 10 heteroatoms. The Bertz CT molecular complexity index is 1390. The van der Waals surface area contributed by atoms with Crippen molar-refractivity contribution in [1.29, 1.82) is 0 Å². The Morgan fingerprint density at radius 1 is 0.833 bits per heavy atom. The molecule has 36 heavy (non-hydrogen) atoms. The molecule has 3 aromatic rings. The molecular weight excluding hydrogens is 498 g/mol. The van der Waals surface area contributed by atoms with Gasteiger partial charge >= 0.3 is 0 Å². The molecule has 188 valence electrons. The van der Waals surface area contributed by atoms with Crippen LogP contribution in [0.4, 0.5) is 11.8 Å². The quantitative estimate of drug-likeness (QED) is 0.517. The minimum atomic E-state index is -3.70. The zero-order valence-electron chi connectivity index (χ0n) is 19.9. The van der Waals surface area contributed by atoms with Gasteiger partial charge in [-0.25, -0.2) is 13.4 Å². The van der Waals surface area contributed by atoms with Crippen LogP contribution < -0.4 is 9.80 Å². The van der Waals surface area contributed by atoms with Crippen molar-refractivity contribution < 1.29 is 13.2 Å². The molecule has 3 aliphatic heterocycles. The first-order valence-corrected chi connectivity index (χ1v) is 14.1. The van der Waals surface area contributed by atoms with Gasteiger partial charge in [-0.1, -0.05) is 41.9 Å². The molecule has 2 aromatic carbocycles. The second kappa shape index (κ2) is 9.63. The number of anilines is 2. The first-order valence-electron chi connectivity index (χ1n) is 12.3. The highest BCUT2D eigenvalue weighted by Gasteiger charge is 2.33. The van der Waals surface area contributed by atoms with Gasteiger partial charge in [-0.15, -0.1) is 0 Å². The Labute approximate surface area is 216 Å². The van der Waals surface area contributed by atoms with Crippen LogP contribution in [0.25, 0.3) is 0 Å².